The van der Waals surface area contributed by atoms with Gasteiger partial charge in [-0.2, -0.15) is 0 Å². The van der Waals surface area contributed by atoms with Crippen LogP contribution in [0.3, 0.4) is 0 Å². The Morgan fingerprint density at radius 1 is 1.21 bits per heavy atom. The molecule has 0 fully saturated rings. The Morgan fingerprint density at radius 2 is 1.91 bits per heavy atom. The van der Waals surface area contributed by atoms with E-state index in [0.29, 0.717) is 0 Å². The average Bonchev–Trinajstić information content (AvgIpc) is 2.80. The molecule has 0 aliphatic heterocycles. The molecule has 33 heavy (non-hydrogen) atoms. The van der Waals surface area contributed by atoms with E-state index < -0.39 is 41.2 Å². The highest BCUT2D eigenvalue weighted by Crippen LogP contribution is 2.16. The Balaban J connectivity index is 1.86. The first kappa shape index (κ1) is 23.3. The van der Waals surface area contributed by atoms with Crippen molar-refractivity contribution >= 4 is 34.6 Å². The first-order chi connectivity index (χ1) is 15.6. The lowest BCUT2D eigenvalue weighted by Crippen LogP contribution is -2.50. The summed E-state index contributed by atoms with van der Waals surface area (Å²) in [5.41, 5.74) is -1.95. The molecule has 0 saturated carbocycles. The van der Waals surface area contributed by atoms with E-state index in [4.69, 9.17) is 0 Å². The van der Waals surface area contributed by atoms with Crippen molar-refractivity contribution in [3.63, 3.8) is 0 Å². The Hall–Kier alpha value is -4.39. The second kappa shape index (κ2) is 9.40. The molecule has 0 aliphatic rings. The quantitative estimate of drug-likeness (QED) is 0.335. The van der Waals surface area contributed by atoms with Crippen molar-refractivity contribution in [1.82, 2.24) is 24.8 Å². The number of hydrogen-bond donors (Lipinski definition) is 4. The fraction of sp³-hybridized carbons (Fsp3) is 0.250. The van der Waals surface area contributed by atoms with Crippen molar-refractivity contribution in [2.24, 2.45) is 7.05 Å². The number of amides is 2. The monoisotopic (exact) mass is 456 g/mol. The van der Waals surface area contributed by atoms with Crippen LogP contribution in [-0.2, 0) is 16.6 Å². The summed E-state index contributed by atoms with van der Waals surface area (Å²) in [4.78, 5) is 71.4. The van der Waals surface area contributed by atoms with Crippen molar-refractivity contribution in [3.05, 3.63) is 62.6 Å². The summed E-state index contributed by atoms with van der Waals surface area (Å²) in [6.07, 6.45) is -0.326. The van der Waals surface area contributed by atoms with E-state index in [0.717, 1.165) is 10.8 Å². The van der Waals surface area contributed by atoms with Crippen molar-refractivity contribution in [2.75, 3.05) is 12.4 Å². The Labute approximate surface area is 185 Å². The zero-order valence-electron chi connectivity index (χ0n) is 17.8. The van der Waals surface area contributed by atoms with Crippen molar-refractivity contribution in [1.29, 1.82) is 0 Å². The van der Waals surface area contributed by atoms with Gasteiger partial charge in [0.2, 0.25) is 5.91 Å². The molecule has 3 rings (SSSR count). The molecule has 2 aromatic heterocycles. The van der Waals surface area contributed by atoms with Gasteiger partial charge >= 0.3 is 11.7 Å². The number of methoxy groups -OCH3 is 1. The molecule has 2 amide bonds. The largest absolute Gasteiger partial charge is 0.465 e. The standard InChI is InChI=1S/C20H20N6O7/c1-9(27)13(17(29)23-11-7-5-4-6-10(11)19(31)33-3)24-16(28)12-8-21-15-14(22-12)18(30)26(2)20(32)25-15/h4-9,13,27H,1-3H3,(H,23,29)(H,24,28)(H,21,25,32). The second-order valence-electron chi connectivity index (χ2n) is 6.96. The summed E-state index contributed by atoms with van der Waals surface area (Å²) < 4.78 is 5.44. The van der Waals surface area contributed by atoms with E-state index in [-0.39, 0.29) is 28.1 Å². The molecule has 1 aromatic carbocycles. The number of benzene rings is 1. The molecule has 0 aliphatic carbocycles. The zero-order chi connectivity index (χ0) is 24.3. The summed E-state index contributed by atoms with van der Waals surface area (Å²) in [5.74, 6) is -2.40. The third-order valence-electron chi connectivity index (χ3n) is 4.68. The number of H-pyrrole nitrogens is 1. The van der Waals surface area contributed by atoms with Gasteiger partial charge in [0.25, 0.3) is 11.5 Å². The zero-order valence-corrected chi connectivity index (χ0v) is 17.8. The van der Waals surface area contributed by atoms with Crippen LogP contribution in [0.4, 0.5) is 5.69 Å². The van der Waals surface area contributed by atoms with Crippen LogP contribution in [0.1, 0.15) is 27.8 Å². The highest BCUT2D eigenvalue weighted by Gasteiger charge is 2.28. The third-order valence-corrected chi connectivity index (χ3v) is 4.68. The van der Waals surface area contributed by atoms with Gasteiger partial charge in [0.15, 0.2) is 11.2 Å². The third kappa shape index (κ3) is 4.77. The lowest BCUT2D eigenvalue weighted by atomic mass is 10.1. The number of ether oxygens (including phenoxy) is 1. The molecule has 2 heterocycles. The normalized spacial score (nSPS) is 12.6. The maximum absolute atomic E-state index is 12.8. The van der Waals surface area contributed by atoms with Crippen LogP contribution in [0.25, 0.3) is 11.2 Å². The van der Waals surface area contributed by atoms with Crippen molar-refractivity contribution in [3.8, 4) is 0 Å². The van der Waals surface area contributed by atoms with Crippen LogP contribution >= 0.6 is 0 Å². The van der Waals surface area contributed by atoms with Gasteiger partial charge in [-0.15, -0.1) is 0 Å². The molecule has 0 spiro atoms. The maximum Gasteiger partial charge on any atom is 0.339 e. The number of aromatic nitrogens is 4. The molecule has 13 nitrogen and oxygen atoms in total. The molecule has 3 aromatic rings. The Morgan fingerprint density at radius 3 is 2.58 bits per heavy atom. The van der Waals surface area contributed by atoms with Gasteiger partial charge in [-0.1, -0.05) is 12.1 Å². The molecular weight excluding hydrogens is 436 g/mol. The Kier molecular flexibility index (Phi) is 6.63. The number of carbonyl (C=O) groups is 3. The molecular formula is C20H20N6O7. The summed E-state index contributed by atoms with van der Waals surface area (Å²) in [7, 11) is 2.42. The van der Waals surface area contributed by atoms with Crippen molar-refractivity contribution in [2.45, 2.75) is 19.1 Å². The van der Waals surface area contributed by atoms with Crippen molar-refractivity contribution < 1.29 is 24.2 Å². The number of hydrogen-bond acceptors (Lipinski definition) is 9. The van der Waals surface area contributed by atoms with Crippen LogP contribution in [-0.4, -0.2) is 61.7 Å². The summed E-state index contributed by atoms with van der Waals surface area (Å²) >= 11 is 0. The molecule has 172 valence electrons. The van der Waals surface area contributed by atoms with Crippen LogP contribution in [0.2, 0.25) is 0 Å². The highest BCUT2D eigenvalue weighted by molar-refractivity contribution is 6.05. The predicted molar refractivity (Wildman–Crippen MR) is 115 cm³/mol. The molecule has 2 atom stereocenters. The van der Waals surface area contributed by atoms with Crippen LogP contribution in [0, 0.1) is 0 Å². The van der Waals surface area contributed by atoms with Crippen LogP contribution in [0.5, 0.6) is 0 Å². The van der Waals surface area contributed by atoms with Gasteiger partial charge in [0.1, 0.15) is 11.7 Å². The van der Waals surface area contributed by atoms with E-state index >= 15 is 0 Å². The van der Waals surface area contributed by atoms with Gasteiger partial charge in [-0.3, -0.25) is 23.9 Å². The predicted octanol–water partition coefficient (Wildman–Crippen LogP) is -1.08. The van der Waals surface area contributed by atoms with Gasteiger partial charge in [-0.25, -0.2) is 19.6 Å². The first-order valence-electron chi connectivity index (χ1n) is 9.57. The lowest BCUT2D eigenvalue weighted by Gasteiger charge is -2.21. The minimum Gasteiger partial charge on any atom is -0.465 e. The second-order valence-corrected chi connectivity index (χ2v) is 6.96. The minimum atomic E-state index is -1.45. The van der Waals surface area contributed by atoms with E-state index in [9.17, 15) is 29.1 Å². The Bertz CT molecular complexity index is 1360. The van der Waals surface area contributed by atoms with E-state index in [1.54, 1.807) is 12.1 Å². The van der Waals surface area contributed by atoms with Gasteiger partial charge in [0, 0.05) is 7.05 Å². The number of nitrogens with zero attached hydrogens (tertiary/aromatic N) is 3. The summed E-state index contributed by atoms with van der Waals surface area (Å²) in [6.45, 7) is 1.28. The highest BCUT2D eigenvalue weighted by atomic mass is 16.5. The summed E-state index contributed by atoms with van der Waals surface area (Å²) in [5, 5.41) is 14.9. The van der Waals surface area contributed by atoms with Gasteiger partial charge in [-0.05, 0) is 19.1 Å². The topological polar surface area (TPSA) is 185 Å². The van der Waals surface area contributed by atoms with Crippen LogP contribution < -0.4 is 21.9 Å². The number of aliphatic hydroxyl groups excluding tert-OH is 1. The number of anilines is 1. The molecule has 0 saturated heterocycles. The molecule has 4 N–H and O–H groups in total. The maximum atomic E-state index is 12.8. The fourth-order valence-corrected chi connectivity index (χ4v) is 2.89. The number of esters is 1. The number of rotatable bonds is 6. The van der Waals surface area contributed by atoms with Crippen LogP contribution in [0.15, 0.2) is 40.1 Å². The lowest BCUT2D eigenvalue weighted by molar-refractivity contribution is -0.120. The van der Waals surface area contributed by atoms with E-state index in [1.807, 2.05) is 0 Å². The number of carbonyl (C=O) groups excluding carboxylic acids is 3. The number of nitrogens with one attached hydrogen (secondary N) is 3. The van der Waals surface area contributed by atoms with Gasteiger partial charge in [0.05, 0.1) is 30.7 Å². The fourth-order valence-electron chi connectivity index (χ4n) is 2.89. The smallest absolute Gasteiger partial charge is 0.339 e. The SMILES string of the molecule is COC(=O)c1ccccc1NC(=O)C(NC(=O)c1cnc2[nH]c(=O)n(C)c(=O)c2n1)C(C)O. The molecule has 13 heteroatoms. The van der Waals surface area contributed by atoms with E-state index in [1.165, 1.54) is 33.2 Å². The molecule has 0 bridgehead atoms. The number of para-hydroxylation sites is 1. The average molecular weight is 456 g/mol. The molecule has 0 radical (unpaired) electrons. The molecule has 2 unspecified atom stereocenters. The van der Waals surface area contributed by atoms with E-state index in [2.05, 4.69) is 30.3 Å². The number of aliphatic hydroxyl groups is 1. The summed E-state index contributed by atoms with van der Waals surface area (Å²) in [6, 6.07) is 4.60. The van der Waals surface area contributed by atoms with Gasteiger partial charge < -0.3 is 20.5 Å². The minimum absolute atomic E-state index is 0.0780. The number of fused-ring (bicyclic) bond motifs is 1. The first-order valence-corrected chi connectivity index (χ1v) is 9.57. The number of aromatic amines is 1.